The summed E-state index contributed by atoms with van der Waals surface area (Å²) < 4.78 is 64.1. The lowest BCUT2D eigenvalue weighted by molar-refractivity contribution is -0.141. The van der Waals surface area contributed by atoms with E-state index in [1.165, 1.54) is 18.2 Å². The van der Waals surface area contributed by atoms with E-state index in [1.807, 2.05) is 6.92 Å². The van der Waals surface area contributed by atoms with Crippen LogP contribution in [0.5, 0.6) is 0 Å². The molecular formula is C22H27F3N4O3S. The van der Waals surface area contributed by atoms with Gasteiger partial charge in [0.15, 0.2) is 0 Å². The molecule has 33 heavy (non-hydrogen) atoms. The Balaban J connectivity index is 2.06. The molecule has 180 valence electrons. The maximum absolute atomic E-state index is 13.0. The van der Waals surface area contributed by atoms with Crippen molar-refractivity contribution in [2.24, 2.45) is 0 Å². The van der Waals surface area contributed by atoms with Crippen molar-refractivity contribution in [3.63, 3.8) is 0 Å². The van der Waals surface area contributed by atoms with Crippen molar-refractivity contribution in [2.45, 2.75) is 39.4 Å². The van der Waals surface area contributed by atoms with E-state index in [9.17, 15) is 26.4 Å². The average molecular weight is 485 g/mol. The van der Waals surface area contributed by atoms with Crippen LogP contribution in [0, 0.1) is 6.92 Å². The number of amides is 1. The largest absolute Gasteiger partial charge is 0.433 e. The Bertz CT molecular complexity index is 1120. The minimum Gasteiger partial charge on any atom is -0.370 e. The molecule has 1 amide bonds. The molecule has 7 nitrogen and oxygen atoms in total. The predicted octanol–water partition coefficient (Wildman–Crippen LogP) is 4.32. The van der Waals surface area contributed by atoms with Crippen molar-refractivity contribution in [2.75, 3.05) is 22.8 Å². The van der Waals surface area contributed by atoms with Crippen LogP contribution in [-0.4, -0.2) is 32.1 Å². The highest BCUT2D eigenvalue weighted by Gasteiger charge is 2.32. The molecule has 0 saturated heterocycles. The summed E-state index contributed by atoms with van der Waals surface area (Å²) in [5.74, 6) is -0.377. The van der Waals surface area contributed by atoms with Gasteiger partial charge in [0, 0.05) is 24.7 Å². The van der Waals surface area contributed by atoms with E-state index in [4.69, 9.17) is 0 Å². The molecule has 0 atom stereocenters. The average Bonchev–Trinajstić information content (AvgIpc) is 2.71. The number of pyridine rings is 1. The third-order valence-corrected chi connectivity index (χ3v) is 5.10. The molecule has 0 aliphatic carbocycles. The van der Waals surface area contributed by atoms with Crippen LogP contribution < -0.4 is 15.4 Å². The number of nitrogens with zero attached hydrogens (tertiary/aromatic N) is 1. The highest BCUT2D eigenvalue weighted by molar-refractivity contribution is 7.92. The smallest absolute Gasteiger partial charge is 0.370 e. The first-order valence-electron chi connectivity index (χ1n) is 10.2. The van der Waals surface area contributed by atoms with Gasteiger partial charge in [0.2, 0.25) is 15.9 Å². The van der Waals surface area contributed by atoms with Gasteiger partial charge in [-0.05, 0) is 48.7 Å². The molecule has 1 aromatic carbocycles. The third kappa shape index (κ3) is 8.76. The number of nitrogens with one attached hydrogen (secondary N) is 3. The molecule has 3 N–H and O–H groups in total. The number of rotatable bonds is 10. The second-order valence-corrected chi connectivity index (χ2v) is 9.24. The lowest BCUT2D eigenvalue weighted by Crippen LogP contribution is -2.20. The first-order valence-corrected chi connectivity index (χ1v) is 12.1. The van der Waals surface area contributed by atoms with Gasteiger partial charge >= 0.3 is 6.18 Å². The van der Waals surface area contributed by atoms with Gasteiger partial charge in [-0.3, -0.25) is 9.52 Å². The van der Waals surface area contributed by atoms with Crippen molar-refractivity contribution in [3.05, 3.63) is 58.8 Å². The van der Waals surface area contributed by atoms with Crippen LogP contribution >= 0.6 is 0 Å². The van der Waals surface area contributed by atoms with Crippen molar-refractivity contribution in [1.82, 2.24) is 10.3 Å². The molecule has 1 heterocycles. The number of alkyl halides is 3. The Hall–Kier alpha value is -3.08. The molecule has 0 spiro atoms. The standard InChI is InChI=1S/C22H27F3N4O3S/c1-4-5-12-26-21-17(7-10-19(28-21)22(23,24)25)8-11-20(30)27-14-16-6-9-18(15(2)13-16)29-33(3,31)32/h6-11,13,29H,4-5,12,14H2,1-3H3,(H,26,28)(H,27,30)/b11-8+. The third-order valence-electron chi connectivity index (χ3n) is 4.51. The zero-order valence-corrected chi connectivity index (χ0v) is 19.4. The number of hydrogen-bond donors (Lipinski definition) is 3. The van der Waals surface area contributed by atoms with Gasteiger partial charge < -0.3 is 10.6 Å². The fourth-order valence-electron chi connectivity index (χ4n) is 2.85. The molecule has 11 heteroatoms. The Morgan fingerprint density at radius 1 is 1.18 bits per heavy atom. The molecule has 0 aliphatic rings. The molecule has 0 fully saturated rings. The highest BCUT2D eigenvalue weighted by atomic mass is 32.2. The van der Waals surface area contributed by atoms with E-state index >= 15 is 0 Å². The Labute approximate surface area is 191 Å². The summed E-state index contributed by atoms with van der Waals surface area (Å²) in [5.41, 5.74) is 1.26. The number of aryl methyl sites for hydroxylation is 1. The molecular weight excluding hydrogens is 457 g/mol. The second kappa shape index (κ2) is 11.2. The van der Waals surface area contributed by atoms with Crippen LogP contribution in [0.15, 0.2) is 36.4 Å². The lowest BCUT2D eigenvalue weighted by Gasteiger charge is -2.12. The van der Waals surface area contributed by atoms with E-state index in [2.05, 4.69) is 20.3 Å². The molecule has 1 aromatic heterocycles. The number of carbonyl (C=O) groups is 1. The SMILES string of the molecule is CCCCNc1nc(C(F)(F)F)ccc1/C=C/C(=O)NCc1ccc(NS(C)(=O)=O)c(C)c1. The first kappa shape index (κ1) is 26.2. The first-order chi connectivity index (χ1) is 15.4. The maximum atomic E-state index is 13.0. The van der Waals surface area contributed by atoms with Gasteiger partial charge in [0.25, 0.3) is 0 Å². The summed E-state index contributed by atoms with van der Waals surface area (Å²) in [7, 11) is -3.40. The summed E-state index contributed by atoms with van der Waals surface area (Å²) in [6, 6.07) is 7.17. The number of halogens is 3. The fraction of sp³-hybridized carbons (Fsp3) is 0.364. The summed E-state index contributed by atoms with van der Waals surface area (Å²) in [6.07, 6.45) is 0.752. The van der Waals surface area contributed by atoms with Gasteiger partial charge in [0.05, 0.1) is 11.9 Å². The molecule has 0 radical (unpaired) electrons. The number of hydrogen-bond acceptors (Lipinski definition) is 5. The monoisotopic (exact) mass is 484 g/mol. The number of benzene rings is 1. The quantitative estimate of drug-likeness (QED) is 0.345. The second-order valence-electron chi connectivity index (χ2n) is 7.49. The number of sulfonamides is 1. The Kier molecular flexibility index (Phi) is 8.86. The van der Waals surface area contributed by atoms with Crippen LogP contribution in [-0.2, 0) is 27.5 Å². The number of anilines is 2. The summed E-state index contributed by atoms with van der Waals surface area (Å²) in [6.45, 7) is 4.35. The van der Waals surface area contributed by atoms with Crippen molar-refractivity contribution < 1.29 is 26.4 Å². The van der Waals surface area contributed by atoms with Crippen molar-refractivity contribution >= 4 is 33.5 Å². The van der Waals surface area contributed by atoms with E-state index in [-0.39, 0.29) is 12.4 Å². The van der Waals surface area contributed by atoms with E-state index < -0.39 is 27.8 Å². The van der Waals surface area contributed by atoms with Gasteiger partial charge in [-0.2, -0.15) is 13.2 Å². The molecule has 2 aromatic rings. The van der Waals surface area contributed by atoms with Crippen LogP contribution in [0.1, 0.15) is 42.1 Å². The van der Waals surface area contributed by atoms with Gasteiger partial charge in [-0.1, -0.05) is 25.5 Å². The van der Waals surface area contributed by atoms with Crippen molar-refractivity contribution in [3.8, 4) is 0 Å². The van der Waals surface area contributed by atoms with E-state index in [0.29, 0.717) is 23.4 Å². The molecule has 0 aliphatic heterocycles. The summed E-state index contributed by atoms with van der Waals surface area (Å²) in [4.78, 5) is 15.9. The Morgan fingerprint density at radius 3 is 2.52 bits per heavy atom. The number of carbonyl (C=O) groups excluding carboxylic acids is 1. The van der Waals surface area contributed by atoms with E-state index in [0.717, 1.165) is 30.7 Å². The van der Waals surface area contributed by atoms with Crippen LogP contribution in [0.3, 0.4) is 0 Å². The van der Waals surface area contributed by atoms with Crippen LogP contribution in [0.4, 0.5) is 24.7 Å². The zero-order chi connectivity index (χ0) is 24.6. The van der Waals surface area contributed by atoms with Gasteiger partial charge in [-0.25, -0.2) is 13.4 Å². The lowest BCUT2D eigenvalue weighted by atomic mass is 10.1. The van der Waals surface area contributed by atoms with Gasteiger partial charge in [0.1, 0.15) is 11.5 Å². The minimum absolute atomic E-state index is 0.0620. The minimum atomic E-state index is -4.56. The number of aromatic nitrogens is 1. The Morgan fingerprint density at radius 2 is 1.91 bits per heavy atom. The molecule has 0 unspecified atom stereocenters. The van der Waals surface area contributed by atoms with Crippen LogP contribution in [0.2, 0.25) is 0 Å². The van der Waals surface area contributed by atoms with E-state index in [1.54, 1.807) is 25.1 Å². The predicted molar refractivity (Wildman–Crippen MR) is 123 cm³/mol. The zero-order valence-electron chi connectivity index (χ0n) is 18.6. The van der Waals surface area contributed by atoms with Gasteiger partial charge in [-0.15, -0.1) is 0 Å². The summed E-state index contributed by atoms with van der Waals surface area (Å²) in [5, 5.41) is 5.58. The topological polar surface area (TPSA) is 100 Å². The maximum Gasteiger partial charge on any atom is 0.433 e. The molecule has 2 rings (SSSR count). The highest BCUT2D eigenvalue weighted by Crippen LogP contribution is 2.30. The number of unbranched alkanes of at least 4 members (excludes halogenated alkanes) is 1. The van der Waals surface area contributed by atoms with Crippen molar-refractivity contribution in [1.29, 1.82) is 0 Å². The van der Waals surface area contributed by atoms with Crippen LogP contribution in [0.25, 0.3) is 6.08 Å². The molecule has 0 saturated carbocycles. The molecule has 0 bridgehead atoms. The fourth-order valence-corrected chi connectivity index (χ4v) is 3.48. The summed E-state index contributed by atoms with van der Waals surface area (Å²) >= 11 is 0. The normalized spacial score (nSPS) is 12.1.